The molecule has 20 heavy (non-hydrogen) atoms. The minimum absolute atomic E-state index is 0.0366. The van der Waals surface area contributed by atoms with E-state index in [1.165, 1.54) is 0 Å². The Morgan fingerprint density at radius 3 is 2.55 bits per heavy atom. The molecule has 0 atom stereocenters. The van der Waals surface area contributed by atoms with Gasteiger partial charge in [0.2, 0.25) is 0 Å². The molecular weight excluding hydrogens is 320 g/mol. The molecule has 4 nitrogen and oxygen atoms in total. The molecule has 0 radical (unpaired) electrons. The molecule has 3 N–H and O–H groups in total. The van der Waals surface area contributed by atoms with Gasteiger partial charge in [-0.25, -0.2) is 4.79 Å². The van der Waals surface area contributed by atoms with Crippen LogP contribution in [0.5, 0.6) is 0 Å². The summed E-state index contributed by atoms with van der Waals surface area (Å²) in [4.78, 5) is 11.8. The van der Waals surface area contributed by atoms with E-state index >= 15 is 0 Å². The van der Waals surface area contributed by atoms with Gasteiger partial charge in [0.25, 0.3) is 0 Å². The number of aliphatic hydroxyl groups excluding tert-OH is 1. The summed E-state index contributed by atoms with van der Waals surface area (Å²) in [5, 5.41) is 14.7. The van der Waals surface area contributed by atoms with E-state index in [4.69, 9.17) is 0 Å². The van der Waals surface area contributed by atoms with Gasteiger partial charge in [0.15, 0.2) is 0 Å². The Kier molecular flexibility index (Phi) is 5.15. The summed E-state index contributed by atoms with van der Waals surface area (Å²) in [6.45, 7) is 0.335. The van der Waals surface area contributed by atoms with Crippen LogP contribution < -0.4 is 10.6 Å². The normalized spacial score (nSPS) is 10.1. The molecule has 2 amide bonds. The lowest BCUT2D eigenvalue weighted by molar-refractivity contribution is 0.251. The number of carbonyl (C=O) groups is 1. The lowest BCUT2D eigenvalue weighted by Gasteiger charge is -2.10. The number of amides is 2. The first-order valence-corrected chi connectivity index (χ1v) is 6.96. The minimum atomic E-state index is -0.282. The van der Waals surface area contributed by atoms with E-state index in [0.29, 0.717) is 12.2 Å². The van der Waals surface area contributed by atoms with Gasteiger partial charge >= 0.3 is 6.03 Å². The zero-order valence-electron chi connectivity index (χ0n) is 10.8. The van der Waals surface area contributed by atoms with Crippen molar-refractivity contribution in [2.24, 2.45) is 0 Å². The highest BCUT2D eigenvalue weighted by molar-refractivity contribution is 9.10. The number of nitrogens with one attached hydrogen (secondary N) is 2. The second kappa shape index (κ2) is 7.07. The summed E-state index contributed by atoms with van der Waals surface area (Å²) in [7, 11) is 0. The molecule has 2 aromatic carbocycles. The first-order chi connectivity index (χ1) is 9.69. The van der Waals surface area contributed by atoms with Gasteiger partial charge in [-0.2, -0.15) is 0 Å². The van der Waals surface area contributed by atoms with Crippen molar-refractivity contribution in [3.63, 3.8) is 0 Å². The van der Waals surface area contributed by atoms with Crippen LogP contribution in [0.15, 0.2) is 53.0 Å². The molecule has 0 aliphatic rings. The molecule has 0 unspecified atom stereocenters. The first-order valence-electron chi connectivity index (χ1n) is 6.17. The van der Waals surface area contributed by atoms with Crippen LogP contribution in [-0.4, -0.2) is 11.1 Å². The van der Waals surface area contributed by atoms with Crippen LogP contribution in [-0.2, 0) is 13.2 Å². The van der Waals surface area contributed by atoms with Gasteiger partial charge in [-0.05, 0) is 29.3 Å². The van der Waals surface area contributed by atoms with Crippen molar-refractivity contribution in [1.82, 2.24) is 5.32 Å². The van der Waals surface area contributed by atoms with E-state index in [-0.39, 0.29) is 12.6 Å². The monoisotopic (exact) mass is 334 g/mol. The van der Waals surface area contributed by atoms with Gasteiger partial charge in [-0.1, -0.05) is 46.3 Å². The predicted octanol–water partition coefficient (Wildman–Crippen LogP) is 3.26. The fourth-order valence-corrected chi connectivity index (χ4v) is 2.20. The smallest absolute Gasteiger partial charge is 0.319 e. The number of halogens is 1. The number of hydrogen-bond acceptors (Lipinski definition) is 2. The average Bonchev–Trinajstić information content (AvgIpc) is 2.45. The molecule has 0 aromatic heterocycles. The molecule has 0 bridgehead atoms. The van der Waals surface area contributed by atoms with Crippen molar-refractivity contribution in [2.75, 3.05) is 5.32 Å². The number of aliphatic hydroxyl groups is 1. The van der Waals surface area contributed by atoms with Crippen LogP contribution in [0.4, 0.5) is 10.5 Å². The summed E-state index contributed by atoms with van der Waals surface area (Å²) >= 11 is 3.35. The zero-order chi connectivity index (χ0) is 14.4. The van der Waals surface area contributed by atoms with Gasteiger partial charge in [0.1, 0.15) is 0 Å². The molecule has 0 aliphatic carbocycles. The number of urea groups is 1. The van der Waals surface area contributed by atoms with Gasteiger partial charge in [0.05, 0.1) is 6.61 Å². The highest BCUT2D eigenvalue weighted by Gasteiger charge is 2.04. The Balaban J connectivity index is 1.92. The third kappa shape index (κ3) is 4.08. The highest BCUT2D eigenvalue weighted by atomic mass is 79.9. The van der Waals surface area contributed by atoms with Crippen molar-refractivity contribution in [1.29, 1.82) is 0 Å². The van der Waals surface area contributed by atoms with Crippen LogP contribution in [0.1, 0.15) is 11.1 Å². The number of benzene rings is 2. The molecular formula is C15H15BrN2O2. The van der Waals surface area contributed by atoms with Crippen LogP contribution >= 0.6 is 15.9 Å². The first kappa shape index (κ1) is 14.6. The van der Waals surface area contributed by atoms with Gasteiger partial charge in [-0.15, -0.1) is 0 Å². The van der Waals surface area contributed by atoms with E-state index in [2.05, 4.69) is 26.6 Å². The quantitative estimate of drug-likeness (QED) is 0.803. The van der Waals surface area contributed by atoms with E-state index in [1.807, 2.05) is 48.5 Å². The fraction of sp³-hybridized carbons (Fsp3) is 0.133. The molecule has 2 aromatic rings. The highest BCUT2D eigenvalue weighted by Crippen LogP contribution is 2.15. The topological polar surface area (TPSA) is 61.4 Å². The summed E-state index contributed by atoms with van der Waals surface area (Å²) in [6.07, 6.45) is 0. The number of hydrogen-bond donors (Lipinski definition) is 3. The second-order valence-corrected chi connectivity index (χ2v) is 5.16. The number of anilines is 1. The van der Waals surface area contributed by atoms with Gasteiger partial charge in [0, 0.05) is 16.7 Å². The minimum Gasteiger partial charge on any atom is -0.392 e. The van der Waals surface area contributed by atoms with E-state index in [9.17, 15) is 9.90 Å². The Hall–Kier alpha value is -1.85. The van der Waals surface area contributed by atoms with Crippen LogP contribution in [0.2, 0.25) is 0 Å². The SMILES string of the molecule is O=C(NCc1ccccc1CO)Nc1cccc(Br)c1. The van der Waals surface area contributed by atoms with Crippen molar-refractivity contribution in [2.45, 2.75) is 13.2 Å². The Morgan fingerprint density at radius 1 is 1.10 bits per heavy atom. The molecule has 0 saturated carbocycles. The van der Waals surface area contributed by atoms with Crippen molar-refractivity contribution >= 4 is 27.6 Å². The third-order valence-electron chi connectivity index (χ3n) is 2.81. The fourth-order valence-electron chi connectivity index (χ4n) is 1.80. The zero-order valence-corrected chi connectivity index (χ0v) is 12.4. The van der Waals surface area contributed by atoms with Crippen molar-refractivity contribution in [3.8, 4) is 0 Å². The maximum Gasteiger partial charge on any atom is 0.319 e. The molecule has 0 heterocycles. The number of rotatable bonds is 4. The second-order valence-electron chi connectivity index (χ2n) is 4.24. The Labute approximate surface area is 126 Å². The average molecular weight is 335 g/mol. The van der Waals surface area contributed by atoms with Crippen LogP contribution in [0.3, 0.4) is 0 Å². The van der Waals surface area contributed by atoms with Gasteiger partial charge in [-0.3, -0.25) is 0 Å². The molecule has 2 rings (SSSR count). The lowest BCUT2D eigenvalue weighted by atomic mass is 10.1. The lowest BCUT2D eigenvalue weighted by Crippen LogP contribution is -2.28. The van der Waals surface area contributed by atoms with E-state index in [0.717, 1.165) is 15.6 Å². The maximum atomic E-state index is 11.8. The summed E-state index contributed by atoms with van der Waals surface area (Å²) in [5.41, 5.74) is 2.43. The van der Waals surface area contributed by atoms with Crippen molar-refractivity contribution in [3.05, 3.63) is 64.1 Å². The maximum absolute atomic E-state index is 11.8. The van der Waals surface area contributed by atoms with Gasteiger partial charge < -0.3 is 15.7 Å². The van der Waals surface area contributed by atoms with E-state index in [1.54, 1.807) is 0 Å². The summed E-state index contributed by atoms with van der Waals surface area (Å²) in [6, 6.07) is 14.5. The molecule has 0 saturated heterocycles. The van der Waals surface area contributed by atoms with E-state index < -0.39 is 0 Å². The molecule has 0 fully saturated rings. The van der Waals surface area contributed by atoms with Crippen LogP contribution in [0, 0.1) is 0 Å². The Morgan fingerprint density at radius 2 is 1.85 bits per heavy atom. The van der Waals surface area contributed by atoms with Crippen molar-refractivity contribution < 1.29 is 9.90 Å². The van der Waals surface area contributed by atoms with Crippen LogP contribution in [0.25, 0.3) is 0 Å². The Bertz CT molecular complexity index is 602. The molecule has 0 spiro atoms. The largest absolute Gasteiger partial charge is 0.392 e. The molecule has 5 heteroatoms. The third-order valence-corrected chi connectivity index (χ3v) is 3.30. The summed E-state index contributed by atoms with van der Waals surface area (Å²) < 4.78 is 0.904. The predicted molar refractivity (Wildman–Crippen MR) is 82.4 cm³/mol. The number of carbonyl (C=O) groups excluding carboxylic acids is 1. The molecule has 104 valence electrons. The summed E-state index contributed by atoms with van der Waals surface area (Å²) in [5.74, 6) is 0. The molecule has 0 aliphatic heterocycles. The standard InChI is InChI=1S/C15H15BrN2O2/c16-13-6-3-7-14(8-13)18-15(20)17-9-11-4-1-2-5-12(11)10-19/h1-8,19H,9-10H2,(H2,17,18,20).